The third kappa shape index (κ3) is 6.91. The molecule has 0 spiro atoms. The van der Waals surface area contributed by atoms with Crippen LogP contribution in [0.4, 0.5) is 9.59 Å². The summed E-state index contributed by atoms with van der Waals surface area (Å²) in [4.78, 5) is 52.9. The highest BCUT2D eigenvalue weighted by atomic mass is 16.6. The number of hydrogen-bond acceptors (Lipinski definition) is 8. The molecule has 4 aliphatic rings. The summed E-state index contributed by atoms with van der Waals surface area (Å²) in [5.41, 5.74) is 0. The standard InChI is InChI=1S/C24H38N4O6/c29-21(33-23(31)25-17-5-9-19(10-6-17)27-13-1-2-14-27)22(30)34-24(32)26-18-7-11-20(12-8-18)28-15-3-4-16-28/h17-20H,1-16H2,(H,25,31)(H,26,32). The van der Waals surface area contributed by atoms with Gasteiger partial charge in [0.25, 0.3) is 0 Å². The molecule has 0 radical (unpaired) electrons. The topological polar surface area (TPSA) is 117 Å². The van der Waals surface area contributed by atoms with E-state index in [0.717, 1.165) is 77.5 Å². The maximum absolute atomic E-state index is 12.0. The van der Waals surface area contributed by atoms with Crippen LogP contribution in [-0.4, -0.2) is 84.3 Å². The Morgan fingerprint density at radius 3 is 1.18 bits per heavy atom. The van der Waals surface area contributed by atoms with Gasteiger partial charge in [-0.3, -0.25) is 0 Å². The minimum Gasteiger partial charge on any atom is -0.368 e. The SMILES string of the molecule is O=C(NC1CCC(N2CCCC2)CC1)OC(=O)C(=O)OC(=O)NC1CCC(N2CCCC2)CC1. The molecule has 10 nitrogen and oxygen atoms in total. The first-order valence-corrected chi connectivity index (χ1v) is 13.0. The van der Waals surface area contributed by atoms with Gasteiger partial charge in [-0.2, -0.15) is 0 Å². The average Bonchev–Trinajstić information content (AvgIpc) is 3.55. The number of nitrogens with one attached hydrogen (secondary N) is 2. The molecule has 34 heavy (non-hydrogen) atoms. The van der Waals surface area contributed by atoms with Crippen molar-refractivity contribution in [2.45, 2.75) is 101 Å². The minimum atomic E-state index is -1.49. The Labute approximate surface area is 201 Å². The molecule has 10 heteroatoms. The molecular weight excluding hydrogens is 440 g/mol. The summed E-state index contributed by atoms with van der Waals surface area (Å²) in [5, 5.41) is 5.30. The Morgan fingerprint density at radius 1 is 0.529 bits per heavy atom. The third-order valence-corrected chi connectivity index (χ3v) is 7.89. The fourth-order valence-corrected chi connectivity index (χ4v) is 6.03. The lowest BCUT2D eigenvalue weighted by atomic mass is 9.90. The maximum Gasteiger partial charge on any atom is 0.426 e. The zero-order chi connectivity index (χ0) is 23.9. The quantitative estimate of drug-likeness (QED) is 0.359. The lowest BCUT2D eigenvalue weighted by Crippen LogP contribution is -2.45. The van der Waals surface area contributed by atoms with Crippen molar-refractivity contribution in [3.8, 4) is 0 Å². The van der Waals surface area contributed by atoms with E-state index in [0.29, 0.717) is 12.1 Å². The smallest absolute Gasteiger partial charge is 0.368 e. The molecule has 2 amide bonds. The molecule has 2 saturated heterocycles. The number of amides is 2. The van der Waals surface area contributed by atoms with E-state index in [1.807, 2.05) is 0 Å². The van der Waals surface area contributed by atoms with Crippen LogP contribution in [-0.2, 0) is 19.1 Å². The molecule has 190 valence electrons. The van der Waals surface area contributed by atoms with Gasteiger partial charge in [-0.05, 0) is 103 Å². The summed E-state index contributed by atoms with van der Waals surface area (Å²) in [6.45, 7) is 4.59. The summed E-state index contributed by atoms with van der Waals surface area (Å²) < 4.78 is 9.09. The van der Waals surface area contributed by atoms with E-state index in [1.54, 1.807) is 0 Å². The molecule has 2 N–H and O–H groups in total. The van der Waals surface area contributed by atoms with E-state index in [1.165, 1.54) is 25.7 Å². The molecule has 2 aliphatic carbocycles. The normalized spacial score (nSPS) is 30.5. The molecule has 0 bridgehead atoms. The number of rotatable bonds is 4. The summed E-state index contributed by atoms with van der Waals surface area (Å²) in [5.74, 6) is -2.98. The predicted molar refractivity (Wildman–Crippen MR) is 123 cm³/mol. The highest BCUT2D eigenvalue weighted by molar-refractivity contribution is 6.33. The van der Waals surface area contributed by atoms with Gasteiger partial charge in [-0.15, -0.1) is 0 Å². The van der Waals surface area contributed by atoms with Gasteiger partial charge in [-0.1, -0.05) is 0 Å². The van der Waals surface area contributed by atoms with E-state index in [2.05, 4.69) is 29.9 Å². The van der Waals surface area contributed by atoms with Gasteiger partial charge in [0.15, 0.2) is 0 Å². The van der Waals surface area contributed by atoms with Crippen molar-refractivity contribution >= 4 is 24.1 Å². The van der Waals surface area contributed by atoms with E-state index < -0.39 is 24.1 Å². The zero-order valence-electron chi connectivity index (χ0n) is 20.0. The lowest BCUT2D eigenvalue weighted by molar-refractivity contribution is -0.160. The summed E-state index contributed by atoms with van der Waals surface area (Å²) in [6.07, 6.45) is 10.2. The molecule has 2 saturated carbocycles. The van der Waals surface area contributed by atoms with Crippen LogP contribution in [0.25, 0.3) is 0 Å². The van der Waals surface area contributed by atoms with Gasteiger partial charge in [0, 0.05) is 24.2 Å². The first kappa shape index (κ1) is 24.9. The number of nitrogens with zero attached hydrogens (tertiary/aromatic N) is 2. The van der Waals surface area contributed by atoms with Gasteiger partial charge in [-0.25, -0.2) is 19.2 Å². The molecular formula is C24H38N4O6. The van der Waals surface area contributed by atoms with Crippen LogP contribution in [0.15, 0.2) is 0 Å². The molecule has 2 aliphatic heterocycles. The van der Waals surface area contributed by atoms with Gasteiger partial charge in [0.1, 0.15) is 0 Å². The average molecular weight is 479 g/mol. The monoisotopic (exact) mass is 478 g/mol. The first-order chi connectivity index (χ1) is 16.5. The third-order valence-electron chi connectivity index (χ3n) is 7.89. The predicted octanol–water partition coefficient (Wildman–Crippen LogP) is 2.31. The van der Waals surface area contributed by atoms with E-state index in [9.17, 15) is 19.2 Å². The second-order valence-corrected chi connectivity index (χ2v) is 10.1. The number of esters is 2. The lowest BCUT2D eigenvalue weighted by Gasteiger charge is -2.34. The highest BCUT2D eigenvalue weighted by Crippen LogP contribution is 2.27. The van der Waals surface area contributed by atoms with E-state index >= 15 is 0 Å². The molecule has 2 heterocycles. The Morgan fingerprint density at radius 2 is 0.853 bits per heavy atom. The van der Waals surface area contributed by atoms with Crippen molar-refractivity contribution < 1.29 is 28.7 Å². The van der Waals surface area contributed by atoms with Gasteiger partial charge >= 0.3 is 24.1 Å². The number of carbonyl (C=O) groups excluding carboxylic acids is 4. The number of ether oxygens (including phenoxy) is 2. The Kier molecular flexibility index (Phi) is 8.77. The van der Waals surface area contributed by atoms with E-state index in [-0.39, 0.29) is 12.1 Å². The summed E-state index contributed by atoms with van der Waals surface area (Å²) in [6, 6.07) is 0.937. The summed E-state index contributed by atoms with van der Waals surface area (Å²) in [7, 11) is 0. The van der Waals surface area contributed by atoms with Crippen LogP contribution in [0.2, 0.25) is 0 Å². The van der Waals surface area contributed by atoms with Crippen LogP contribution in [0, 0.1) is 0 Å². The van der Waals surface area contributed by atoms with Crippen LogP contribution in [0.1, 0.15) is 77.0 Å². The van der Waals surface area contributed by atoms with Crippen molar-refractivity contribution in [1.82, 2.24) is 20.4 Å². The van der Waals surface area contributed by atoms with Crippen molar-refractivity contribution in [2.75, 3.05) is 26.2 Å². The Hall–Kier alpha value is -2.20. The molecule has 0 aromatic heterocycles. The van der Waals surface area contributed by atoms with Gasteiger partial charge in [0.05, 0.1) is 0 Å². The molecule has 4 fully saturated rings. The van der Waals surface area contributed by atoms with Gasteiger partial charge < -0.3 is 29.9 Å². The molecule has 0 unspecified atom stereocenters. The number of carbonyl (C=O) groups is 4. The fraction of sp³-hybridized carbons (Fsp3) is 0.833. The maximum atomic E-state index is 12.0. The van der Waals surface area contributed by atoms with Crippen molar-refractivity contribution in [3.05, 3.63) is 0 Å². The van der Waals surface area contributed by atoms with Crippen LogP contribution < -0.4 is 10.6 Å². The second-order valence-electron chi connectivity index (χ2n) is 10.1. The highest BCUT2D eigenvalue weighted by Gasteiger charge is 2.32. The molecule has 0 atom stereocenters. The number of alkyl carbamates (subject to hydrolysis) is 2. The Balaban J connectivity index is 1.10. The van der Waals surface area contributed by atoms with Crippen molar-refractivity contribution in [2.24, 2.45) is 0 Å². The van der Waals surface area contributed by atoms with E-state index in [4.69, 9.17) is 0 Å². The number of hydrogen-bond donors (Lipinski definition) is 2. The van der Waals surface area contributed by atoms with Crippen LogP contribution in [0.5, 0.6) is 0 Å². The number of likely N-dealkylation sites (tertiary alicyclic amines) is 2. The van der Waals surface area contributed by atoms with Gasteiger partial charge in [0.2, 0.25) is 0 Å². The first-order valence-electron chi connectivity index (χ1n) is 13.0. The Bertz CT molecular complexity index is 672. The largest absolute Gasteiger partial charge is 0.426 e. The van der Waals surface area contributed by atoms with Crippen LogP contribution >= 0.6 is 0 Å². The minimum absolute atomic E-state index is 0.0887. The van der Waals surface area contributed by atoms with Crippen molar-refractivity contribution in [3.63, 3.8) is 0 Å². The molecule has 4 rings (SSSR count). The van der Waals surface area contributed by atoms with Crippen LogP contribution in [0.3, 0.4) is 0 Å². The second kappa shape index (κ2) is 12.0. The zero-order valence-corrected chi connectivity index (χ0v) is 20.0. The fourth-order valence-electron chi connectivity index (χ4n) is 6.03. The van der Waals surface area contributed by atoms with Crippen molar-refractivity contribution in [1.29, 1.82) is 0 Å². The molecule has 0 aromatic rings. The summed E-state index contributed by atoms with van der Waals surface area (Å²) >= 11 is 0. The molecule has 0 aromatic carbocycles.